The summed E-state index contributed by atoms with van der Waals surface area (Å²) < 4.78 is 0. The molecule has 1 aromatic heterocycles. The topological polar surface area (TPSA) is 58.9 Å². The molecule has 0 aliphatic heterocycles. The Hall–Kier alpha value is -1.19. The zero-order valence-electron chi connectivity index (χ0n) is 4.37. The van der Waals surface area contributed by atoms with Crippen LogP contribution in [-0.2, 0) is 0 Å². The molecular weight excluding hydrogens is 106 g/mol. The van der Waals surface area contributed by atoms with Crippen molar-refractivity contribution < 1.29 is 5.11 Å². The maximum Gasteiger partial charge on any atom is 0.317 e. The van der Waals surface area contributed by atoms with Crippen molar-refractivity contribution in [3.63, 3.8) is 0 Å². The summed E-state index contributed by atoms with van der Waals surface area (Å²) in [6.45, 7) is 1.68. The second-order valence-electron chi connectivity index (χ2n) is 1.33. The van der Waals surface area contributed by atoms with Crippen molar-refractivity contribution in [1.29, 1.82) is 0 Å². The zero-order valence-corrected chi connectivity index (χ0v) is 4.37. The lowest BCUT2D eigenvalue weighted by Crippen LogP contribution is -1.87. The van der Waals surface area contributed by atoms with E-state index in [1.807, 2.05) is 0 Å². The Morgan fingerprint density at radius 1 is 1.50 bits per heavy atom. The van der Waals surface area contributed by atoms with Crippen LogP contribution >= 0.6 is 0 Å². The molecule has 8 heavy (non-hydrogen) atoms. The van der Waals surface area contributed by atoms with Gasteiger partial charge in [0.05, 0.1) is 0 Å². The lowest BCUT2D eigenvalue weighted by molar-refractivity contribution is 0.425. The van der Waals surface area contributed by atoms with Gasteiger partial charge in [-0.15, -0.1) is 0 Å². The minimum Gasteiger partial charge on any atom is -0.479 e. The third-order valence-corrected chi connectivity index (χ3v) is 0.680. The van der Waals surface area contributed by atoms with Gasteiger partial charge in [0.15, 0.2) is 0 Å². The van der Waals surface area contributed by atoms with Crippen LogP contribution < -0.4 is 0 Å². The number of aromatic nitrogens is 3. The average Bonchev–Trinajstić information content (AvgIpc) is 1.64. The van der Waals surface area contributed by atoms with Crippen LogP contribution in [0.1, 0.15) is 5.82 Å². The van der Waals surface area contributed by atoms with Crippen molar-refractivity contribution in [2.45, 2.75) is 6.92 Å². The van der Waals surface area contributed by atoms with Crippen molar-refractivity contribution in [2.24, 2.45) is 0 Å². The van der Waals surface area contributed by atoms with Crippen LogP contribution in [0.5, 0.6) is 6.01 Å². The normalized spacial score (nSPS) is 9.12. The van der Waals surface area contributed by atoms with E-state index in [2.05, 4.69) is 15.0 Å². The van der Waals surface area contributed by atoms with Gasteiger partial charge in [0.1, 0.15) is 12.2 Å². The third kappa shape index (κ3) is 0.900. The first-order valence-corrected chi connectivity index (χ1v) is 2.13. The minimum atomic E-state index is -0.225. The summed E-state index contributed by atoms with van der Waals surface area (Å²) in [5.41, 5.74) is 0. The predicted octanol–water partition coefficient (Wildman–Crippen LogP) is -0.114. The highest BCUT2D eigenvalue weighted by atomic mass is 16.3. The van der Waals surface area contributed by atoms with E-state index in [1.165, 1.54) is 6.33 Å². The fourth-order valence-electron chi connectivity index (χ4n) is 0.367. The van der Waals surface area contributed by atoms with Crippen molar-refractivity contribution in [3.05, 3.63) is 12.2 Å². The Labute approximate surface area is 46.2 Å². The van der Waals surface area contributed by atoms with Gasteiger partial charge in [-0.3, -0.25) is 0 Å². The Balaban J connectivity index is 3.08. The fraction of sp³-hybridized carbons (Fsp3) is 0.250. The van der Waals surface area contributed by atoms with Crippen molar-refractivity contribution >= 4 is 0 Å². The Kier molecular flexibility index (Phi) is 1.07. The standard InChI is InChI=1S/C4H5N3O/c1-3-5-2-6-4(8)7-3/h2H,1H3,(H,5,6,7,8). The molecule has 4 nitrogen and oxygen atoms in total. The Morgan fingerprint density at radius 2 is 2.25 bits per heavy atom. The van der Waals surface area contributed by atoms with Gasteiger partial charge in [-0.2, -0.15) is 9.97 Å². The molecule has 1 heterocycles. The molecular formula is C4H5N3O. The second-order valence-corrected chi connectivity index (χ2v) is 1.33. The van der Waals surface area contributed by atoms with Crippen LogP contribution in [0.15, 0.2) is 6.33 Å². The van der Waals surface area contributed by atoms with Gasteiger partial charge >= 0.3 is 6.01 Å². The molecule has 1 rings (SSSR count). The summed E-state index contributed by atoms with van der Waals surface area (Å²) in [5.74, 6) is 0.525. The van der Waals surface area contributed by atoms with E-state index in [1.54, 1.807) is 6.92 Å². The summed E-state index contributed by atoms with van der Waals surface area (Å²) >= 11 is 0. The first-order chi connectivity index (χ1) is 3.79. The molecule has 42 valence electrons. The zero-order chi connectivity index (χ0) is 5.98. The first-order valence-electron chi connectivity index (χ1n) is 2.13. The minimum absolute atomic E-state index is 0.225. The summed E-state index contributed by atoms with van der Waals surface area (Å²) in [4.78, 5) is 10.5. The second kappa shape index (κ2) is 1.73. The molecule has 0 unspecified atom stereocenters. The molecule has 0 saturated heterocycles. The van der Waals surface area contributed by atoms with Crippen LogP contribution in [0.3, 0.4) is 0 Å². The van der Waals surface area contributed by atoms with Gasteiger partial charge < -0.3 is 5.11 Å². The van der Waals surface area contributed by atoms with E-state index in [9.17, 15) is 0 Å². The highest BCUT2D eigenvalue weighted by Gasteiger charge is 1.87. The summed E-state index contributed by atoms with van der Waals surface area (Å²) in [6.07, 6.45) is 1.26. The number of rotatable bonds is 0. The average molecular weight is 111 g/mol. The molecule has 1 aromatic rings. The van der Waals surface area contributed by atoms with E-state index < -0.39 is 0 Å². The fourth-order valence-corrected chi connectivity index (χ4v) is 0.367. The molecule has 0 atom stereocenters. The lowest BCUT2D eigenvalue weighted by atomic mass is 10.7. The van der Waals surface area contributed by atoms with Crippen LogP contribution in [0.25, 0.3) is 0 Å². The van der Waals surface area contributed by atoms with Crippen LogP contribution in [-0.4, -0.2) is 20.1 Å². The van der Waals surface area contributed by atoms with Crippen LogP contribution in [0.4, 0.5) is 0 Å². The first kappa shape index (κ1) is 4.96. The van der Waals surface area contributed by atoms with E-state index in [-0.39, 0.29) is 6.01 Å². The van der Waals surface area contributed by atoms with E-state index >= 15 is 0 Å². The third-order valence-electron chi connectivity index (χ3n) is 0.680. The largest absolute Gasteiger partial charge is 0.479 e. The number of aromatic hydroxyl groups is 1. The summed E-state index contributed by atoms with van der Waals surface area (Å²) in [6, 6.07) is -0.225. The van der Waals surface area contributed by atoms with Gasteiger partial charge in [0.25, 0.3) is 0 Å². The molecule has 4 heteroatoms. The Morgan fingerprint density at radius 3 is 2.62 bits per heavy atom. The number of hydrogen-bond donors (Lipinski definition) is 1. The van der Waals surface area contributed by atoms with Gasteiger partial charge in [0.2, 0.25) is 0 Å². The maximum absolute atomic E-state index is 8.55. The molecule has 0 fully saturated rings. The molecule has 0 bridgehead atoms. The molecule has 1 N–H and O–H groups in total. The van der Waals surface area contributed by atoms with Crippen molar-refractivity contribution in [3.8, 4) is 6.01 Å². The molecule has 0 spiro atoms. The monoisotopic (exact) mass is 111 g/mol. The van der Waals surface area contributed by atoms with Crippen LogP contribution in [0, 0.1) is 6.92 Å². The number of nitrogens with zero attached hydrogens (tertiary/aromatic N) is 3. The van der Waals surface area contributed by atoms with E-state index in [0.717, 1.165) is 0 Å². The predicted molar refractivity (Wildman–Crippen MR) is 26.2 cm³/mol. The summed E-state index contributed by atoms with van der Waals surface area (Å²) in [5, 5.41) is 8.55. The van der Waals surface area contributed by atoms with E-state index in [4.69, 9.17) is 5.11 Å². The number of aryl methyl sites for hydroxylation is 1. The lowest BCUT2D eigenvalue weighted by Gasteiger charge is -1.87. The SMILES string of the molecule is Cc1ncnc(O)n1. The molecule has 0 aromatic carbocycles. The van der Waals surface area contributed by atoms with Gasteiger partial charge in [-0.05, 0) is 6.92 Å². The molecule has 0 aliphatic rings. The smallest absolute Gasteiger partial charge is 0.317 e. The Bertz CT molecular complexity index is 171. The maximum atomic E-state index is 8.55. The number of hydrogen-bond acceptors (Lipinski definition) is 4. The van der Waals surface area contributed by atoms with Crippen LogP contribution in [0.2, 0.25) is 0 Å². The molecule has 0 aliphatic carbocycles. The quantitative estimate of drug-likeness (QED) is 0.507. The molecule has 0 radical (unpaired) electrons. The van der Waals surface area contributed by atoms with Crippen molar-refractivity contribution in [2.75, 3.05) is 0 Å². The highest BCUT2D eigenvalue weighted by molar-refractivity contribution is 4.89. The van der Waals surface area contributed by atoms with Gasteiger partial charge in [0, 0.05) is 0 Å². The van der Waals surface area contributed by atoms with Gasteiger partial charge in [-0.25, -0.2) is 4.98 Å². The van der Waals surface area contributed by atoms with Crippen molar-refractivity contribution in [1.82, 2.24) is 15.0 Å². The van der Waals surface area contributed by atoms with E-state index in [0.29, 0.717) is 5.82 Å². The summed E-state index contributed by atoms with van der Waals surface area (Å²) in [7, 11) is 0. The molecule has 0 saturated carbocycles. The highest BCUT2D eigenvalue weighted by Crippen LogP contribution is 1.92. The molecule has 0 amide bonds. The van der Waals surface area contributed by atoms with Gasteiger partial charge in [-0.1, -0.05) is 0 Å².